The molecule has 2 N–H and O–H groups in total. The van der Waals surface area contributed by atoms with Crippen molar-refractivity contribution in [3.05, 3.63) is 41.2 Å². The van der Waals surface area contributed by atoms with Crippen LogP contribution < -0.4 is 15.2 Å². The second-order valence-electron chi connectivity index (χ2n) is 5.26. The third kappa shape index (κ3) is 2.74. The average Bonchev–Trinajstić information content (AvgIpc) is 2.72. The predicted molar refractivity (Wildman–Crippen MR) is 80.7 cm³/mol. The highest BCUT2D eigenvalue weighted by molar-refractivity contribution is 5.45. The largest absolute Gasteiger partial charge is 0.490 e. The lowest BCUT2D eigenvalue weighted by molar-refractivity contribution is 0.297. The molecule has 5 nitrogen and oxygen atoms in total. The van der Waals surface area contributed by atoms with Gasteiger partial charge in [0.15, 0.2) is 11.5 Å². The third-order valence-electron chi connectivity index (χ3n) is 3.68. The van der Waals surface area contributed by atoms with Crippen LogP contribution in [-0.4, -0.2) is 23.0 Å². The van der Waals surface area contributed by atoms with Gasteiger partial charge in [-0.2, -0.15) is 5.10 Å². The number of aromatic nitrogens is 2. The Morgan fingerprint density at radius 1 is 1.24 bits per heavy atom. The van der Waals surface area contributed by atoms with Crippen molar-refractivity contribution in [1.82, 2.24) is 9.78 Å². The lowest BCUT2D eigenvalue weighted by Crippen LogP contribution is -2.17. The fourth-order valence-corrected chi connectivity index (χ4v) is 2.61. The molecule has 0 radical (unpaired) electrons. The van der Waals surface area contributed by atoms with E-state index in [4.69, 9.17) is 15.2 Å². The number of benzene rings is 1. The molecule has 0 amide bonds. The summed E-state index contributed by atoms with van der Waals surface area (Å²) in [6.07, 6.45) is 0.901. The molecule has 1 aliphatic rings. The Balaban J connectivity index is 1.94. The number of ether oxygens (including phenoxy) is 2. The van der Waals surface area contributed by atoms with E-state index < -0.39 is 0 Å². The molecule has 0 bridgehead atoms. The lowest BCUT2D eigenvalue weighted by Gasteiger charge is -2.16. The summed E-state index contributed by atoms with van der Waals surface area (Å²) in [5.41, 5.74) is 9.43. The van der Waals surface area contributed by atoms with Gasteiger partial charge in [-0.3, -0.25) is 4.68 Å². The van der Waals surface area contributed by atoms with Gasteiger partial charge in [0.2, 0.25) is 0 Å². The summed E-state index contributed by atoms with van der Waals surface area (Å²) in [6, 6.07) is 7.74. The van der Waals surface area contributed by atoms with Crippen LogP contribution in [0.3, 0.4) is 0 Å². The predicted octanol–water partition coefficient (Wildman–Crippen LogP) is 2.42. The Kier molecular flexibility index (Phi) is 3.84. The van der Waals surface area contributed by atoms with Crippen LogP contribution in [0.15, 0.2) is 24.3 Å². The number of nitrogens with two attached hydrogens (primary N) is 1. The van der Waals surface area contributed by atoms with Crippen molar-refractivity contribution in [2.45, 2.75) is 32.9 Å². The van der Waals surface area contributed by atoms with Gasteiger partial charge in [-0.05, 0) is 37.6 Å². The summed E-state index contributed by atoms with van der Waals surface area (Å²) in [6.45, 7) is 6.23. The van der Waals surface area contributed by atoms with Crippen molar-refractivity contribution in [3.8, 4) is 11.5 Å². The molecule has 1 aromatic heterocycles. The van der Waals surface area contributed by atoms with Crippen LogP contribution in [0.4, 0.5) is 0 Å². The summed E-state index contributed by atoms with van der Waals surface area (Å²) < 4.78 is 13.3. The van der Waals surface area contributed by atoms with Gasteiger partial charge in [0, 0.05) is 13.0 Å². The smallest absolute Gasteiger partial charge is 0.161 e. The summed E-state index contributed by atoms with van der Waals surface area (Å²) in [4.78, 5) is 0. The fraction of sp³-hybridized carbons (Fsp3) is 0.438. The first-order valence-electron chi connectivity index (χ1n) is 7.38. The summed E-state index contributed by atoms with van der Waals surface area (Å²) in [5, 5.41) is 4.46. The van der Waals surface area contributed by atoms with E-state index in [1.165, 1.54) is 0 Å². The molecular formula is C16H21N3O2. The minimum atomic E-state index is -0.219. The van der Waals surface area contributed by atoms with Crippen LogP contribution in [0.5, 0.6) is 11.5 Å². The van der Waals surface area contributed by atoms with Crippen LogP contribution in [0, 0.1) is 6.92 Å². The molecule has 1 aliphatic heterocycles. The lowest BCUT2D eigenvalue weighted by atomic mass is 10.0. The van der Waals surface area contributed by atoms with Crippen LogP contribution in [0.25, 0.3) is 0 Å². The topological polar surface area (TPSA) is 62.3 Å². The normalized spacial score (nSPS) is 15.6. The molecule has 21 heavy (non-hydrogen) atoms. The van der Waals surface area contributed by atoms with E-state index in [2.05, 4.69) is 12.0 Å². The van der Waals surface area contributed by atoms with Crippen molar-refractivity contribution in [3.63, 3.8) is 0 Å². The van der Waals surface area contributed by atoms with Gasteiger partial charge in [0.1, 0.15) is 0 Å². The van der Waals surface area contributed by atoms with Crippen LogP contribution in [0.1, 0.15) is 36.3 Å². The molecule has 112 valence electrons. The molecule has 0 spiro atoms. The SMILES string of the molecule is CCn1nc(C)cc1C(N)c1ccc2c(c1)OCCCO2. The Morgan fingerprint density at radius 3 is 2.76 bits per heavy atom. The summed E-state index contributed by atoms with van der Waals surface area (Å²) in [5.74, 6) is 1.57. The quantitative estimate of drug-likeness (QED) is 0.941. The van der Waals surface area contributed by atoms with E-state index in [1.807, 2.05) is 35.9 Å². The van der Waals surface area contributed by atoms with Crippen molar-refractivity contribution >= 4 is 0 Å². The number of hydrogen-bond acceptors (Lipinski definition) is 4. The molecule has 2 aromatic rings. The van der Waals surface area contributed by atoms with Gasteiger partial charge < -0.3 is 15.2 Å². The molecule has 0 aliphatic carbocycles. The number of nitrogens with zero attached hydrogens (tertiary/aromatic N) is 2. The van der Waals surface area contributed by atoms with E-state index in [-0.39, 0.29) is 6.04 Å². The molecule has 0 saturated heterocycles. The van der Waals surface area contributed by atoms with Crippen LogP contribution >= 0.6 is 0 Å². The first-order chi connectivity index (χ1) is 10.2. The standard InChI is InChI=1S/C16H21N3O2/c1-3-19-13(9-11(2)18-19)16(17)12-5-6-14-15(10-12)21-8-4-7-20-14/h5-6,9-10,16H,3-4,7-8,17H2,1-2H3. The molecule has 3 rings (SSSR count). The minimum Gasteiger partial charge on any atom is -0.490 e. The first kappa shape index (κ1) is 13.9. The molecule has 0 saturated carbocycles. The maximum atomic E-state index is 6.42. The number of rotatable bonds is 3. The monoisotopic (exact) mass is 287 g/mol. The Bertz CT molecular complexity index is 636. The van der Waals surface area contributed by atoms with Gasteiger partial charge in [-0.25, -0.2) is 0 Å². The number of aryl methyl sites for hydroxylation is 2. The van der Waals surface area contributed by atoms with Crippen molar-refractivity contribution in [2.24, 2.45) is 5.73 Å². The van der Waals surface area contributed by atoms with Crippen molar-refractivity contribution in [1.29, 1.82) is 0 Å². The summed E-state index contributed by atoms with van der Waals surface area (Å²) in [7, 11) is 0. The first-order valence-corrected chi connectivity index (χ1v) is 7.38. The van der Waals surface area contributed by atoms with E-state index in [1.54, 1.807) is 0 Å². The van der Waals surface area contributed by atoms with Crippen LogP contribution in [-0.2, 0) is 6.54 Å². The van der Waals surface area contributed by atoms with Gasteiger partial charge >= 0.3 is 0 Å². The van der Waals surface area contributed by atoms with E-state index in [0.29, 0.717) is 13.2 Å². The highest BCUT2D eigenvalue weighted by atomic mass is 16.5. The second-order valence-corrected chi connectivity index (χ2v) is 5.26. The van der Waals surface area contributed by atoms with E-state index >= 15 is 0 Å². The van der Waals surface area contributed by atoms with Crippen LogP contribution in [0.2, 0.25) is 0 Å². The fourth-order valence-electron chi connectivity index (χ4n) is 2.61. The maximum absolute atomic E-state index is 6.42. The zero-order valence-corrected chi connectivity index (χ0v) is 12.5. The van der Waals surface area contributed by atoms with Gasteiger partial charge in [-0.15, -0.1) is 0 Å². The average molecular weight is 287 g/mol. The van der Waals surface area contributed by atoms with Crippen molar-refractivity contribution in [2.75, 3.05) is 13.2 Å². The third-order valence-corrected chi connectivity index (χ3v) is 3.68. The van der Waals surface area contributed by atoms with E-state index in [9.17, 15) is 0 Å². The zero-order chi connectivity index (χ0) is 14.8. The highest BCUT2D eigenvalue weighted by Crippen LogP contribution is 2.33. The minimum absolute atomic E-state index is 0.219. The second kappa shape index (κ2) is 5.77. The van der Waals surface area contributed by atoms with E-state index in [0.717, 1.165) is 41.4 Å². The highest BCUT2D eigenvalue weighted by Gasteiger charge is 2.18. The molecule has 1 atom stereocenters. The molecular weight excluding hydrogens is 266 g/mol. The molecule has 1 aromatic carbocycles. The van der Waals surface area contributed by atoms with Gasteiger partial charge in [0.05, 0.1) is 30.6 Å². The number of hydrogen-bond donors (Lipinski definition) is 1. The molecule has 5 heteroatoms. The Morgan fingerprint density at radius 2 is 2.00 bits per heavy atom. The van der Waals surface area contributed by atoms with Crippen molar-refractivity contribution < 1.29 is 9.47 Å². The summed E-state index contributed by atoms with van der Waals surface area (Å²) >= 11 is 0. The molecule has 0 fully saturated rings. The molecule has 1 unspecified atom stereocenters. The maximum Gasteiger partial charge on any atom is 0.161 e. The van der Waals surface area contributed by atoms with Gasteiger partial charge in [-0.1, -0.05) is 6.07 Å². The molecule has 2 heterocycles. The zero-order valence-electron chi connectivity index (χ0n) is 12.5. The van der Waals surface area contributed by atoms with Gasteiger partial charge in [0.25, 0.3) is 0 Å². The Hall–Kier alpha value is -2.01. The Labute approximate surface area is 124 Å². The number of fused-ring (bicyclic) bond motifs is 1.